The molecule has 0 amide bonds. The van der Waals surface area contributed by atoms with Crippen molar-refractivity contribution in [2.45, 2.75) is 0 Å². The third kappa shape index (κ3) is 65700. The van der Waals surface area contributed by atoms with Crippen LogP contribution in [0.2, 0.25) is 0 Å². The van der Waals surface area contributed by atoms with Gasteiger partial charge in [-0.1, -0.05) is 0 Å². The summed E-state index contributed by atoms with van der Waals surface area (Å²) >= 11 is 0. The van der Waals surface area contributed by atoms with Gasteiger partial charge >= 0.3 is 34.7 Å². The first-order valence-electron chi connectivity index (χ1n) is 2.00. The molecule has 0 aliphatic carbocycles. The van der Waals surface area contributed by atoms with Crippen LogP contribution >= 0.6 is 0 Å². The Morgan fingerprint density at radius 1 is 0.333 bits per heavy atom. The molecule has 0 fully saturated rings. The summed E-state index contributed by atoms with van der Waals surface area (Å²) in [7, 11) is -15.5. The molecule has 14 N–H and O–H groups in total. The zero-order chi connectivity index (χ0) is 13.5. The van der Waals surface area contributed by atoms with Crippen molar-refractivity contribution in [1.82, 2.24) is 0 Å². The quantitative estimate of drug-likeness (QED) is 0.181. The van der Waals surface area contributed by atoms with Crippen LogP contribution in [0.3, 0.4) is 0 Å². The second-order valence-corrected chi connectivity index (χ2v) is 3.67. The van der Waals surface area contributed by atoms with Crippen LogP contribution in [0, 0.1) is 0 Å². The monoisotopic (exact) mass is 468 g/mol. The van der Waals surface area contributed by atoms with Gasteiger partial charge in [-0.2, -0.15) is 0 Å². The van der Waals surface area contributed by atoms with Gasteiger partial charge in [-0.3, -0.25) is 25.3 Å². The van der Waals surface area contributed by atoms with E-state index in [2.05, 4.69) is 0 Å². The smallest absolute Gasteiger partial charge is 0.759 e. The van der Waals surface area contributed by atoms with E-state index < -0.39 is 31.2 Å². The van der Waals surface area contributed by atoms with Crippen LogP contribution in [0.5, 0.6) is 0 Å². The van der Waals surface area contributed by atoms with Crippen LogP contribution < -0.4 is 0 Å². The van der Waals surface area contributed by atoms with E-state index in [1.54, 1.807) is 0 Å². The zero-order valence-electron chi connectivity index (χ0n) is 10.8. The first-order chi connectivity index (χ1) is 6.00. The topological polar surface area (TPSA) is 461 Å². The summed E-state index contributed by atoms with van der Waals surface area (Å²) in [6.45, 7) is 0. The van der Waals surface area contributed by atoms with Crippen LogP contribution in [0.25, 0.3) is 0 Å². The molecule has 0 rings (SSSR count). The predicted octanol–water partition coefficient (Wildman–Crippen LogP) is -10.5. The fraction of sp³-hybridized carbons (Fsp3) is 0. The van der Waals surface area contributed by atoms with Crippen LogP contribution in [-0.2, 0) is 31.2 Å². The molecule has 0 spiro atoms. The van der Waals surface area contributed by atoms with Gasteiger partial charge in [-0.05, 0) is 0 Å². The van der Waals surface area contributed by atoms with Crippen LogP contribution in [-0.4, -0.2) is 126 Å². The largest absolute Gasteiger partial charge is 3.00 e. The van der Waals surface area contributed by atoms with Crippen molar-refractivity contribution in [3.05, 3.63) is 0 Å². The Morgan fingerprint density at radius 2 is 0.333 bits per heavy atom. The summed E-state index contributed by atoms with van der Waals surface area (Å²) in [6.07, 6.45) is 0. The predicted molar refractivity (Wildman–Crippen MR) is 68.2 cm³/mol. The molecule has 0 aromatic heterocycles. The minimum Gasteiger partial charge on any atom is -0.759 e. The molecule has 0 aromatic rings. The molecule has 24 heteroatoms. The first-order valence-corrected chi connectivity index (χ1v) is 6.00. The molecular weight excluding hydrogens is 454 g/mol. The van der Waals surface area contributed by atoms with Gasteiger partial charge in [0.05, 0.1) is 0 Å². The Bertz CT molecular complexity index is 344. The summed E-state index contributed by atoms with van der Waals surface area (Å²) in [5.74, 6) is 0. The Labute approximate surface area is 156 Å². The van der Waals surface area contributed by atoms with Gasteiger partial charge in [-0.25, -0.2) is 0 Å². The van der Waals surface area contributed by atoms with E-state index in [1.165, 1.54) is 0 Å². The summed E-state index contributed by atoms with van der Waals surface area (Å²) in [6, 6.07) is 0. The van der Waals surface area contributed by atoms with Crippen LogP contribution in [0.1, 0.15) is 0 Å². The molecule has 0 radical (unpaired) electrons. The molecule has 0 heterocycles. The van der Waals surface area contributed by atoms with Crippen molar-refractivity contribution in [2.75, 3.05) is 0 Å². The minimum atomic E-state index is -5.17. The average molecular weight is 468 g/mol. The second kappa shape index (κ2) is 34.7. The Morgan fingerprint density at radius 3 is 0.333 bits per heavy atom. The fourth-order valence-corrected chi connectivity index (χ4v) is 0. The molecule has 0 aliphatic heterocycles. The molecule has 152 valence electrons. The number of hydrogen-bond acceptors (Lipinski definition) is 12. The van der Waals surface area contributed by atoms with E-state index in [4.69, 9.17) is 52.6 Å². The molecule has 0 unspecified atom stereocenters. The van der Waals surface area contributed by atoms with E-state index in [0.29, 0.717) is 0 Å². The third-order valence-electron chi connectivity index (χ3n) is 0. The minimum absolute atomic E-state index is 0. The van der Waals surface area contributed by atoms with Crippen molar-refractivity contribution in [1.29, 1.82) is 0 Å². The summed E-state index contributed by atoms with van der Waals surface area (Å²) in [5, 5.41) is 0. The van der Waals surface area contributed by atoms with E-state index >= 15 is 0 Å². The molecular formula is H14Al2O19S3. The molecule has 24 heavy (non-hydrogen) atoms. The maximum atomic E-state index is 8.52. The Kier molecular flexibility index (Phi) is 126. The average Bonchev–Trinajstić information content (AvgIpc) is 1.41. The molecule has 19 nitrogen and oxygen atoms in total. The van der Waals surface area contributed by atoms with Crippen LogP contribution in [0.4, 0.5) is 0 Å². The summed E-state index contributed by atoms with van der Waals surface area (Å²) in [5.41, 5.74) is 0. The third-order valence-corrected chi connectivity index (χ3v) is 0. The van der Waals surface area contributed by atoms with E-state index in [9.17, 15) is 0 Å². The van der Waals surface area contributed by atoms with Crippen molar-refractivity contribution in [3.63, 3.8) is 0 Å². The van der Waals surface area contributed by atoms with Crippen molar-refractivity contribution in [3.8, 4) is 0 Å². The number of rotatable bonds is 0. The SMILES string of the molecule is O.O.O.O.O.O.O.O=S(=O)([O-])[O-].O=S(=O)([O-])[O-].O=S(=O)([O-])[O-].[Al+3].[Al+3]. The van der Waals surface area contributed by atoms with Gasteiger partial charge in [0.15, 0.2) is 0 Å². The normalized spacial score (nSPS) is 7.25. The number of hydrogen-bond donors (Lipinski definition) is 0. The van der Waals surface area contributed by atoms with Gasteiger partial charge in [-0.15, -0.1) is 0 Å². The molecule has 0 saturated heterocycles. The van der Waals surface area contributed by atoms with Crippen molar-refractivity contribution in [2.24, 2.45) is 0 Å². The van der Waals surface area contributed by atoms with Gasteiger partial charge in [0.1, 0.15) is 0 Å². The summed E-state index contributed by atoms with van der Waals surface area (Å²) in [4.78, 5) is 0. The molecule has 0 bridgehead atoms. The summed E-state index contributed by atoms with van der Waals surface area (Å²) < 4.78 is 102. The van der Waals surface area contributed by atoms with Crippen LogP contribution in [0.15, 0.2) is 0 Å². The molecule has 0 atom stereocenters. The van der Waals surface area contributed by atoms with E-state index in [-0.39, 0.29) is 73.1 Å². The zero-order valence-corrected chi connectivity index (χ0v) is 15.5. The van der Waals surface area contributed by atoms with Gasteiger partial charge in [0.2, 0.25) is 0 Å². The Hall–Kier alpha value is 0.395. The first kappa shape index (κ1) is 86.9. The van der Waals surface area contributed by atoms with Gasteiger partial charge in [0, 0.05) is 31.2 Å². The maximum Gasteiger partial charge on any atom is 3.00 e. The fourth-order valence-electron chi connectivity index (χ4n) is 0. The molecule has 0 aromatic carbocycles. The molecule has 0 aliphatic rings. The van der Waals surface area contributed by atoms with Crippen molar-refractivity contribution >= 4 is 65.9 Å². The van der Waals surface area contributed by atoms with Crippen molar-refractivity contribution < 1.29 is 90.9 Å². The Balaban J connectivity index is -0.00000000758. The molecule has 0 saturated carbocycles. The van der Waals surface area contributed by atoms with E-state index in [1.807, 2.05) is 0 Å². The maximum absolute atomic E-state index is 8.52. The van der Waals surface area contributed by atoms with Gasteiger partial charge in [0.25, 0.3) is 0 Å². The van der Waals surface area contributed by atoms with E-state index in [0.717, 1.165) is 0 Å². The second-order valence-electron chi connectivity index (χ2n) is 1.22. The van der Waals surface area contributed by atoms with Gasteiger partial charge < -0.3 is 65.6 Å². The standard InChI is InChI=1S/2Al.3H2O4S.7H2O/c;;3*1-5(2,3)4;;;;;;;/h;;3*(H2,1,2,3,4);7*1H2/q2*+3;;;;;;;;;;/p-6.